The Balaban J connectivity index is 0.583. The van der Waals surface area contributed by atoms with Gasteiger partial charge in [-0.25, -0.2) is 29.6 Å². The van der Waals surface area contributed by atoms with Crippen LogP contribution >= 0.6 is 0 Å². The van der Waals surface area contributed by atoms with Crippen molar-refractivity contribution in [3.05, 3.63) is 83.2 Å². The number of rotatable bonds is 22. The van der Waals surface area contributed by atoms with E-state index in [4.69, 9.17) is 39.5 Å². The van der Waals surface area contributed by atoms with Crippen molar-refractivity contribution in [2.24, 2.45) is 0 Å². The van der Waals surface area contributed by atoms with Crippen LogP contribution in [-0.2, 0) is 61.0 Å². The van der Waals surface area contributed by atoms with Crippen LogP contribution in [-0.4, -0.2) is 167 Å². The molecule has 1 amide bonds. The van der Waals surface area contributed by atoms with Gasteiger partial charge in [-0.3, -0.25) is 9.69 Å². The fourth-order valence-electron chi connectivity index (χ4n) is 8.54. The Morgan fingerprint density at radius 1 is 0.754 bits per heavy atom. The second-order valence-corrected chi connectivity index (χ2v) is 16.5. The van der Waals surface area contributed by atoms with Gasteiger partial charge in [0.25, 0.3) is 0 Å². The average Bonchev–Trinajstić information content (AvgIpc) is 3.97. The van der Waals surface area contributed by atoms with E-state index in [-0.39, 0.29) is 5.91 Å². The molecule has 0 aliphatic carbocycles. The average molecular weight is 890 g/mol. The van der Waals surface area contributed by atoms with Gasteiger partial charge in [-0.05, 0) is 35.2 Å². The van der Waals surface area contributed by atoms with E-state index >= 15 is 0 Å². The maximum absolute atomic E-state index is 13.1. The molecule has 1 saturated heterocycles. The van der Waals surface area contributed by atoms with Crippen LogP contribution in [0.2, 0.25) is 0 Å². The first kappa shape index (κ1) is 44.5. The molecule has 5 aromatic heterocycles. The highest BCUT2D eigenvalue weighted by Crippen LogP contribution is 2.32. The molecule has 0 radical (unpaired) electrons. The Kier molecular flexibility index (Phi) is 15.1. The molecule has 4 N–H and O–H groups in total. The molecule has 0 bridgehead atoms. The van der Waals surface area contributed by atoms with E-state index in [2.05, 4.69) is 58.2 Å². The molecule has 0 atom stereocenters. The second-order valence-electron chi connectivity index (χ2n) is 16.5. The Morgan fingerprint density at radius 3 is 2.32 bits per heavy atom. The lowest BCUT2D eigenvalue weighted by Crippen LogP contribution is -2.48. The highest BCUT2D eigenvalue weighted by Gasteiger charge is 2.23. The number of nitrogen functional groups attached to an aromatic ring is 1. The molecule has 1 fully saturated rings. The van der Waals surface area contributed by atoms with Gasteiger partial charge in [0.1, 0.15) is 23.5 Å². The number of amides is 1. The minimum Gasteiger partial charge on any atom is -0.383 e. The molecule has 8 heterocycles. The number of nitrogens with two attached hydrogens (primary N) is 1. The Labute approximate surface area is 378 Å². The van der Waals surface area contributed by atoms with E-state index in [1.54, 1.807) is 6.20 Å². The van der Waals surface area contributed by atoms with Crippen LogP contribution in [0.1, 0.15) is 34.4 Å². The van der Waals surface area contributed by atoms with E-state index in [0.29, 0.717) is 115 Å². The van der Waals surface area contributed by atoms with Crippen LogP contribution in [0.4, 0.5) is 11.8 Å². The molecule has 65 heavy (non-hydrogen) atoms. The van der Waals surface area contributed by atoms with Crippen LogP contribution in [0.15, 0.2) is 55.2 Å². The standard InChI is InChI=1S/C46H59N13O6/c47-43-41-42(37-26-35-3-8-49-44(35)50-28-37)55-59(45(41)53-32-52-43)30-33-1-2-36-31-58(9-5-34(36)25-33)40(60)6-15-61-17-19-63-21-23-65-24-22-64-20-18-62-16-14-56-10-12-57(13-11-56)46-51-29-38-27-48-7-4-39(38)54-46/h1-3,8,25-26,28-29,32,48H,4-7,9-24,27,30-31H2,(H,49,50)(H2,47,52,53). The fraction of sp³-hybridized carbons (Fsp3) is 0.500. The van der Waals surface area contributed by atoms with Crippen molar-refractivity contribution in [1.82, 2.24) is 54.8 Å². The molecule has 344 valence electrons. The first-order chi connectivity index (χ1) is 32.1. The zero-order chi connectivity index (χ0) is 44.2. The highest BCUT2D eigenvalue weighted by molar-refractivity contribution is 5.99. The summed E-state index contributed by atoms with van der Waals surface area (Å²) in [6.07, 6.45) is 9.17. The number of ether oxygens (including phenoxy) is 5. The number of anilines is 2. The minimum absolute atomic E-state index is 0.0864. The summed E-state index contributed by atoms with van der Waals surface area (Å²) in [5, 5.41) is 10.0. The number of piperazine rings is 1. The summed E-state index contributed by atoms with van der Waals surface area (Å²) in [6, 6.07) is 10.4. The SMILES string of the molecule is Nc1ncnc2c1c(-c1cnc3[nH]ccc3c1)nn2Cc1ccc2c(c1)CCN(C(=O)CCOCCOCCOCCOCCOCCN1CCN(c3ncc4c(n3)CCNC4)CC1)C2. The number of hydrogen-bond acceptors (Lipinski definition) is 16. The van der Waals surface area contributed by atoms with E-state index < -0.39 is 0 Å². The Bertz CT molecular complexity index is 2510. The number of aromatic nitrogens is 8. The van der Waals surface area contributed by atoms with Crippen LogP contribution in [0.25, 0.3) is 33.3 Å². The van der Waals surface area contributed by atoms with Gasteiger partial charge in [-0.2, -0.15) is 5.10 Å². The number of carbonyl (C=O) groups excluding carboxylic acids is 1. The van der Waals surface area contributed by atoms with Crippen molar-refractivity contribution in [2.75, 3.05) is 123 Å². The van der Waals surface area contributed by atoms with Crippen LogP contribution < -0.4 is 16.0 Å². The number of aromatic amines is 1. The lowest BCUT2D eigenvalue weighted by molar-refractivity contribution is -0.133. The summed E-state index contributed by atoms with van der Waals surface area (Å²) in [4.78, 5) is 45.6. The van der Waals surface area contributed by atoms with Crippen molar-refractivity contribution < 1.29 is 28.5 Å². The zero-order valence-electron chi connectivity index (χ0n) is 37.0. The third kappa shape index (κ3) is 11.4. The van der Waals surface area contributed by atoms with Crippen molar-refractivity contribution in [2.45, 2.75) is 38.9 Å². The van der Waals surface area contributed by atoms with Crippen LogP contribution in [0.5, 0.6) is 0 Å². The van der Waals surface area contributed by atoms with Gasteiger partial charge in [0, 0.05) is 100 Å². The number of H-pyrrole nitrogens is 1. The van der Waals surface area contributed by atoms with E-state index in [0.717, 1.165) is 92.3 Å². The second kappa shape index (κ2) is 22.0. The van der Waals surface area contributed by atoms with Gasteiger partial charge in [0.15, 0.2) is 5.65 Å². The number of carbonyl (C=O) groups is 1. The third-order valence-electron chi connectivity index (χ3n) is 12.2. The molecule has 3 aliphatic rings. The lowest BCUT2D eigenvalue weighted by Gasteiger charge is -2.35. The molecule has 0 spiro atoms. The van der Waals surface area contributed by atoms with Crippen LogP contribution in [0.3, 0.4) is 0 Å². The minimum atomic E-state index is 0.0864. The molecule has 19 nitrogen and oxygen atoms in total. The van der Waals surface area contributed by atoms with E-state index in [1.807, 2.05) is 34.1 Å². The van der Waals surface area contributed by atoms with Gasteiger partial charge < -0.3 is 49.5 Å². The summed E-state index contributed by atoms with van der Waals surface area (Å²) in [7, 11) is 0. The van der Waals surface area contributed by atoms with Crippen LogP contribution in [0, 0.1) is 0 Å². The first-order valence-electron chi connectivity index (χ1n) is 22.8. The molecule has 0 unspecified atom stereocenters. The maximum Gasteiger partial charge on any atom is 0.225 e. The molecule has 1 aromatic carbocycles. The fourth-order valence-corrected chi connectivity index (χ4v) is 8.54. The number of nitrogens with one attached hydrogen (secondary N) is 2. The van der Waals surface area contributed by atoms with Gasteiger partial charge >= 0.3 is 0 Å². The van der Waals surface area contributed by atoms with Crippen molar-refractivity contribution >= 4 is 39.7 Å². The summed E-state index contributed by atoms with van der Waals surface area (Å²) >= 11 is 0. The Morgan fingerprint density at radius 2 is 1.52 bits per heavy atom. The summed E-state index contributed by atoms with van der Waals surface area (Å²) < 4.78 is 30.3. The predicted molar refractivity (Wildman–Crippen MR) is 244 cm³/mol. The molecule has 3 aliphatic heterocycles. The Hall–Kier alpha value is -5.67. The largest absolute Gasteiger partial charge is 0.383 e. The molecule has 9 rings (SSSR count). The molecule has 6 aromatic rings. The molecule has 19 heteroatoms. The highest BCUT2D eigenvalue weighted by atomic mass is 16.6. The summed E-state index contributed by atoms with van der Waals surface area (Å²) in [5.41, 5.74) is 15.2. The van der Waals surface area contributed by atoms with Gasteiger partial charge in [-0.15, -0.1) is 0 Å². The smallest absolute Gasteiger partial charge is 0.225 e. The summed E-state index contributed by atoms with van der Waals surface area (Å²) in [5.74, 6) is 1.32. The maximum atomic E-state index is 13.1. The third-order valence-corrected chi connectivity index (χ3v) is 12.2. The zero-order valence-corrected chi connectivity index (χ0v) is 37.0. The van der Waals surface area contributed by atoms with Gasteiger partial charge in [0.2, 0.25) is 11.9 Å². The normalized spacial score (nSPS) is 15.5. The van der Waals surface area contributed by atoms with E-state index in [1.165, 1.54) is 23.1 Å². The molecule has 0 saturated carbocycles. The quantitative estimate of drug-likeness (QED) is 0.0838. The van der Waals surface area contributed by atoms with Crippen molar-refractivity contribution in [1.29, 1.82) is 0 Å². The van der Waals surface area contributed by atoms with Crippen molar-refractivity contribution in [3.8, 4) is 11.3 Å². The van der Waals surface area contributed by atoms with Gasteiger partial charge in [0.05, 0.1) is 90.1 Å². The van der Waals surface area contributed by atoms with E-state index in [9.17, 15) is 4.79 Å². The topological polar surface area (TPSA) is 209 Å². The first-order valence-corrected chi connectivity index (χ1v) is 22.8. The monoisotopic (exact) mass is 889 g/mol. The number of benzene rings is 1. The molecular weight excluding hydrogens is 831 g/mol. The van der Waals surface area contributed by atoms with Crippen molar-refractivity contribution in [3.63, 3.8) is 0 Å². The molecular formula is C46H59N13O6. The number of fused-ring (bicyclic) bond motifs is 4. The predicted octanol–water partition coefficient (Wildman–Crippen LogP) is 2.62. The van der Waals surface area contributed by atoms with Gasteiger partial charge in [-0.1, -0.05) is 18.2 Å². The number of hydrogen-bond donors (Lipinski definition) is 3. The summed E-state index contributed by atoms with van der Waals surface area (Å²) in [6.45, 7) is 13.3. The lowest BCUT2D eigenvalue weighted by atomic mass is 9.97. The number of pyridine rings is 1. The number of nitrogens with zero attached hydrogens (tertiary/aromatic N) is 10.